The van der Waals surface area contributed by atoms with Crippen LogP contribution in [0.5, 0.6) is 0 Å². The van der Waals surface area contributed by atoms with Gasteiger partial charge in [-0.25, -0.2) is 4.79 Å². The summed E-state index contributed by atoms with van der Waals surface area (Å²) in [7, 11) is 1.68. The molecule has 0 atom stereocenters. The highest BCUT2D eigenvalue weighted by molar-refractivity contribution is 6.30. The van der Waals surface area contributed by atoms with Crippen LogP contribution >= 0.6 is 11.6 Å². The maximum Gasteiger partial charge on any atom is 0.323 e. The van der Waals surface area contributed by atoms with E-state index in [1.54, 1.807) is 7.11 Å². The molecule has 3 aromatic carbocycles. The van der Waals surface area contributed by atoms with Crippen molar-refractivity contribution >= 4 is 34.7 Å². The fraction of sp³-hybridized carbons (Fsp3) is 0.208. The summed E-state index contributed by atoms with van der Waals surface area (Å²) in [6.07, 6.45) is 0. The van der Waals surface area contributed by atoms with Gasteiger partial charge in [0.25, 0.3) is 0 Å². The van der Waals surface area contributed by atoms with Gasteiger partial charge in [-0.15, -0.1) is 0 Å². The number of para-hydroxylation sites is 2. The molecule has 30 heavy (non-hydrogen) atoms. The number of hydrogen-bond acceptors (Lipinski definition) is 3. The lowest BCUT2D eigenvalue weighted by atomic mass is 10.1. The number of rotatable bonds is 8. The Morgan fingerprint density at radius 2 is 1.67 bits per heavy atom. The number of carbonyl (C=O) groups excluding carboxylic acids is 1. The molecule has 0 radical (unpaired) electrons. The molecule has 0 spiro atoms. The molecule has 0 aliphatic rings. The lowest BCUT2D eigenvalue weighted by Crippen LogP contribution is -2.28. The standard InChI is InChI=1S/C24H26ClN3O2/c1-18-7-13-21(14-8-18)26-24(29)27-22-5-3-4-6-23(22)28(15-16-30-2)17-19-9-11-20(25)12-10-19/h3-14H,15-17H2,1-2H3,(H2,26,27,29). The van der Waals surface area contributed by atoms with Gasteiger partial charge in [0.05, 0.1) is 18.0 Å². The van der Waals surface area contributed by atoms with E-state index in [1.807, 2.05) is 79.7 Å². The number of ether oxygens (including phenoxy) is 1. The molecule has 0 heterocycles. The van der Waals surface area contributed by atoms with E-state index >= 15 is 0 Å². The maximum absolute atomic E-state index is 12.6. The van der Waals surface area contributed by atoms with Crippen LogP contribution in [0.3, 0.4) is 0 Å². The Bertz CT molecular complexity index is 959. The van der Waals surface area contributed by atoms with Gasteiger partial charge in [0.15, 0.2) is 0 Å². The maximum atomic E-state index is 12.6. The van der Waals surface area contributed by atoms with Gasteiger partial charge in [-0.3, -0.25) is 0 Å². The Kier molecular flexibility index (Phi) is 7.71. The number of urea groups is 1. The van der Waals surface area contributed by atoms with Gasteiger partial charge in [-0.2, -0.15) is 0 Å². The van der Waals surface area contributed by atoms with Gasteiger partial charge in [-0.05, 0) is 48.9 Å². The number of methoxy groups -OCH3 is 1. The van der Waals surface area contributed by atoms with Crippen molar-refractivity contribution in [2.24, 2.45) is 0 Å². The molecule has 156 valence electrons. The molecule has 2 amide bonds. The van der Waals surface area contributed by atoms with Crippen molar-refractivity contribution in [2.45, 2.75) is 13.5 Å². The molecule has 0 saturated carbocycles. The third kappa shape index (κ3) is 6.24. The zero-order valence-electron chi connectivity index (χ0n) is 17.2. The summed E-state index contributed by atoms with van der Waals surface area (Å²) in [5.41, 5.74) is 4.65. The highest BCUT2D eigenvalue weighted by atomic mass is 35.5. The molecule has 3 aromatic rings. The molecule has 0 aliphatic carbocycles. The fourth-order valence-corrected chi connectivity index (χ4v) is 3.20. The minimum atomic E-state index is -0.288. The van der Waals surface area contributed by atoms with E-state index in [1.165, 1.54) is 0 Å². The van der Waals surface area contributed by atoms with Gasteiger partial charge < -0.3 is 20.3 Å². The molecular weight excluding hydrogens is 398 g/mol. The van der Waals surface area contributed by atoms with E-state index < -0.39 is 0 Å². The van der Waals surface area contributed by atoms with Crippen LogP contribution in [0.2, 0.25) is 5.02 Å². The van der Waals surface area contributed by atoms with Crippen LogP contribution in [-0.2, 0) is 11.3 Å². The van der Waals surface area contributed by atoms with Crippen molar-refractivity contribution in [1.82, 2.24) is 0 Å². The second kappa shape index (κ2) is 10.7. The van der Waals surface area contributed by atoms with E-state index in [0.29, 0.717) is 24.7 Å². The van der Waals surface area contributed by atoms with Crippen molar-refractivity contribution in [3.05, 3.63) is 88.9 Å². The summed E-state index contributed by atoms with van der Waals surface area (Å²) in [5.74, 6) is 0. The molecule has 0 bridgehead atoms. The van der Waals surface area contributed by atoms with Gasteiger partial charge in [-0.1, -0.05) is 53.6 Å². The third-order valence-electron chi connectivity index (χ3n) is 4.65. The Morgan fingerprint density at radius 3 is 2.37 bits per heavy atom. The van der Waals surface area contributed by atoms with Crippen molar-refractivity contribution < 1.29 is 9.53 Å². The van der Waals surface area contributed by atoms with Crippen LogP contribution in [0.1, 0.15) is 11.1 Å². The first-order chi connectivity index (χ1) is 14.5. The number of amides is 2. The smallest absolute Gasteiger partial charge is 0.323 e. The average Bonchev–Trinajstić information content (AvgIpc) is 2.75. The summed E-state index contributed by atoms with van der Waals surface area (Å²) in [5, 5.41) is 6.55. The minimum absolute atomic E-state index is 0.288. The van der Waals surface area contributed by atoms with Crippen LogP contribution in [0.25, 0.3) is 0 Å². The molecule has 6 heteroatoms. The Hall–Kier alpha value is -3.02. The zero-order valence-corrected chi connectivity index (χ0v) is 17.9. The fourth-order valence-electron chi connectivity index (χ4n) is 3.07. The van der Waals surface area contributed by atoms with E-state index in [0.717, 1.165) is 28.2 Å². The molecule has 0 aromatic heterocycles. The highest BCUT2D eigenvalue weighted by Crippen LogP contribution is 2.27. The Labute approximate surface area is 182 Å². The van der Waals surface area contributed by atoms with Gasteiger partial charge in [0, 0.05) is 30.9 Å². The lowest BCUT2D eigenvalue weighted by molar-refractivity contribution is 0.205. The zero-order chi connectivity index (χ0) is 21.3. The molecule has 2 N–H and O–H groups in total. The van der Waals surface area contributed by atoms with Crippen LogP contribution in [0.4, 0.5) is 21.9 Å². The third-order valence-corrected chi connectivity index (χ3v) is 4.91. The molecular formula is C24H26ClN3O2. The summed E-state index contributed by atoms with van der Waals surface area (Å²) >= 11 is 6.02. The van der Waals surface area contributed by atoms with Crippen molar-refractivity contribution in [2.75, 3.05) is 35.8 Å². The largest absolute Gasteiger partial charge is 0.383 e. The molecule has 0 unspecified atom stereocenters. The second-order valence-corrected chi connectivity index (χ2v) is 7.44. The number of aryl methyl sites for hydroxylation is 1. The first kappa shape index (κ1) is 21.7. The second-order valence-electron chi connectivity index (χ2n) is 7.00. The number of hydrogen-bond donors (Lipinski definition) is 2. The normalized spacial score (nSPS) is 10.5. The number of anilines is 3. The van der Waals surface area contributed by atoms with Crippen molar-refractivity contribution in [1.29, 1.82) is 0 Å². The molecule has 0 saturated heterocycles. The number of nitrogens with one attached hydrogen (secondary N) is 2. The number of nitrogens with zero attached hydrogens (tertiary/aromatic N) is 1. The molecule has 0 fully saturated rings. The van der Waals surface area contributed by atoms with Crippen LogP contribution in [-0.4, -0.2) is 26.3 Å². The SMILES string of the molecule is COCCN(Cc1ccc(Cl)cc1)c1ccccc1NC(=O)Nc1ccc(C)cc1. The Balaban J connectivity index is 1.77. The lowest BCUT2D eigenvalue weighted by Gasteiger charge is -2.27. The van der Waals surface area contributed by atoms with Crippen molar-refractivity contribution in [3.8, 4) is 0 Å². The molecule has 3 rings (SSSR count). The predicted molar refractivity (Wildman–Crippen MR) is 125 cm³/mol. The quantitative estimate of drug-likeness (QED) is 0.471. The summed E-state index contributed by atoms with van der Waals surface area (Å²) in [6.45, 7) is 3.92. The number of benzene rings is 3. The highest BCUT2D eigenvalue weighted by Gasteiger charge is 2.14. The first-order valence-corrected chi connectivity index (χ1v) is 10.1. The number of halogens is 1. The summed E-state index contributed by atoms with van der Waals surface area (Å²) < 4.78 is 5.30. The first-order valence-electron chi connectivity index (χ1n) is 9.77. The van der Waals surface area contributed by atoms with Gasteiger partial charge in [0.1, 0.15) is 0 Å². The predicted octanol–water partition coefficient (Wildman–Crippen LogP) is 5.95. The molecule has 5 nitrogen and oxygen atoms in total. The van der Waals surface area contributed by atoms with E-state index in [4.69, 9.17) is 16.3 Å². The van der Waals surface area contributed by atoms with Gasteiger partial charge >= 0.3 is 6.03 Å². The number of carbonyl (C=O) groups is 1. The summed E-state index contributed by atoms with van der Waals surface area (Å²) in [6, 6.07) is 22.9. The van der Waals surface area contributed by atoms with E-state index in [9.17, 15) is 4.79 Å². The molecule has 0 aliphatic heterocycles. The van der Waals surface area contributed by atoms with Crippen LogP contribution in [0.15, 0.2) is 72.8 Å². The topological polar surface area (TPSA) is 53.6 Å². The van der Waals surface area contributed by atoms with Crippen LogP contribution < -0.4 is 15.5 Å². The Morgan fingerprint density at radius 1 is 0.967 bits per heavy atom. The average molecular weight is 424 g/mol. The van der Waals surface area contributed by atoms with E-state index in [-0.39, 0.29) is 6.03 Å². The van der Waals surface area contributed by atoms with E-state index in [2.05, 4.69) is 15.5 Å². The van der Waals surface area contributed by atoms with Crippen LogP contribution in [0, 0.1) is 6.92 Å². The minimum Gasteiger partial charge on any atom is -0.383 e. The summed E-state index contributed by atoms with van der Waals surface area (Å²) in [4.78, 5) is 14.7. The van der Waals surface area contributed by atoms with Gasteiger partial charge in [0.2, 0.25) is 0 Å². The van der Waals surface area contributed by atoms with Crippen molar-refractivity contribution in [3.63, 3.8) is 0 Å². The monoisotopic (exact) mass is 423 g/mol.